The van der Waals surface area contributed by atoms with Crippen LogP contribution in [0.5, 0.6) is 0 Å². The average molecular weight is 403 g/mol. The molecule has 0 unspecified atom stereocenters. The summed E-state index contributed by atoms with van der Waals surface area (Å²) in [6.07, 6.45) is 8.62. The van der Waals surface area contributed by atoms with Gasteiger partial charge in [0.25, 0.3) is 0 Å². The van der Waals surface area contributed by atoms with Gasteiger partial charge in [-0.05, 0) is 29.8 Å². The van der Waals surface area contributed by atoms with Crippen LogP contribution >= 0.6 is 0 Å². The number of aromatic nitrogens is 2. The molecular formula is C25H17N5O. The number of Topliss-reactive ketones (excluding diaryl/α,β-unsaturated/α-hetero) is 1. The standard InChI is InChI=1S/C25H17N5O/c26-15-25(16-27)21-11-10-19-20(9-5-13-29-19)30(21)23(22(25)18-8-4-12-28-14-18)24(31)17-6-2-1-3-7-17/h1-14,21-23H/t21-,22+,23-/m0/s1. The number of ketones is 1. The number of hydrogen-bond donors (Lipinski definition) is 0. The summed E-state index contributed by atoms with van der Waals surface area (Å²) in [5.41, 5.74) is 1.20. The maximum atomic E-state index is 13.9. The van der Waals surface area contributed by atoms with Gasteiger partial charge in [0.2, 0.25) is 0 Å². The molecule has 5 rings (SSSR count). The zero-order valence-corrected chi connectivity index (χ0v) is 16.5. The van der Waals surface area contributed by atoms with E-state index in [1.54, 1.807) is 42.9 Å². The van der Waals surface area contributed by atoms with Crippen molar-refractivity contribution in [2.24, 2.45) is 5.41 Å². The van der Waals surface area contributed by atoms with Gasteiger partial charge in [-0.1, -0.05) is 42.5 Å². The molecule has 0 N–H and O–H groups in total. The molecule has 31 heavy (non-hydrogen) atoms. The van der Waals surface area contributed by atoms with Crippen LogP contribution < -0.4 is 4.90 Å². The lowest BCUT2D eigenvalue weighted by atomic mass is 9.69. The molecule has 0 amide bonds. The number of carbonyl (C=O) groups is 1. The van der Waals surface area contributed by atoms with E-state index in [2.05, 4.69) is 22.1 Å². The molecule has 4 heterocycles. The molecule has 2 aliphatic heterocycles. The molecular weight excluding hydrogens is 386 g/mol. The fourth-order valence-corrected chi connectivity index (χ4v) is 4.82. The highest BCUT2D eigenvalue weighted by atomic mass is 16.1. The first kappa shape index (κ1) is 18.7. The highest BCUT2D eigenvalue weighted by molar-refractivity contribution is 6.04. The molecule has 0 saturated carbocycles. The lowest BCUT2D eigenvalue weighted by molar-refractivity contribution is 0.0951. The van der Waals surface area contributed by atoms with E-state index in [4.69, 9.17) is 0 Å². The quantitative estimate of drug-likeness (QED) is 0.618. The Bertz CT molecular complexity index is 1240. The van der Waals surface area contributed by atoms with Crippen molar-refractivity contribution in [1.82, 2.24) is 9.97 Å². The van der Waals surface area contributed by atoms with Gasteiger partial charge in [-0.3, -0.25) is 14.8 Å². The number of benzene rings is 1. The molecule has 0 radical (unpaired) electrons. The SMILES string of the molecule is N#CC1(C#N)[C@H](c2cccnc2)[C@@H](C(=O)c2ccccc2)N2c3cccnc3C=C[C@H]21. The smallest absolute Gasteiger partial charge is 0.185 e. The third-order valence-corrected chi connectivity index (χ3v) is 6.14. The Morgan fingerprint density at radius 3 is 2.48 bits per heavy atom. The molecule has 6 nitrogen and oxygen atoms in total. The van der Waals surface area contributed by atoms with Crippen LogP contribution in [0, 0.1) is 28.1 Å². The Morgan fingerprint density at radius 2 is 1.77 bits per heavy atom. The lowest BCUT2D eigenvalue weighted by Gasteiger charge is -2.34. The van der Waals surface area contributed by atoms with Crippen LogP contribution in [-0.4, -0.2) is 27.8 Å². The summed E-state index contributed by atoms with van der Waals surface area (Å²) >= 11 is 0. The number of nitriles is 2. The van der Waals surface area contributed by atoms with Crippen LogP contribution in [0.2, 0.25) is 0 Å². The molecule has 2 aliphatic rings. The van der Waals surface area contributed by atoms with E-state index in [9.17, 15) is 15.3 Å². The third kappa shape index (κ3) is 2.66. The zero-order valence-electron chi connectivity index (χ0n) is 16.5. The van der Waals surface area contributed by atoms with E-state index in [-0.39, 0.29) is 5.78 Å². The molecule has 0 spiro atoms. The zero-order chi connectivity index (χ0) is 21.4. The maximum absolute atomic E-state index is 13.9. The van der Waals surface area contributed by atoms with Crippen LogP contribution in [0.25, 0.3) is 6.08 Å². The predicted octanol–water partition coefficient (Wildman–Crippen LogP) is 3.76. The van der Waals surface area contributed by atoms with Gasteiger partial charge < -0.3 is 4.90 Å². The van der Waals surface area contributed by atoms with E-state index in [0.717, 1.165) is 5.69 Å². The Balaban J connectivity index is 1.79. The minimum absolute atomic E-state index is 0.142. The highest BCUT2D eigenvalue weighted by Crippen LogP contribution is 2.55. The molecule has 2 aromatic heterocycles. The van der Waals surface area contributed by atoms with Crippen LogP contribution in [-0.2, 0) is 0 Å². The first-order chi connectivity index (χ1) is 15.2. The van der Waals surface area contributed by atoms with Gasteiger partial charge in [-0.25, -0.2) is 0 Å². The summed E-state index contributed by atoms with van der Waals surface area (Å²) < 4.78 is 0. The fourth-order valence-electron chi connectivity index (χ4n) is 4.82. The summed E-state index contributed by atoms with van der Waals surface area (Å²) in [5, 5.41) is 20.6. The Labute approximate surface area is 179 Å². The summed E-state index contributed by atoms with van der Waals surface area (Å²) in [7, 11) is 0. The van der Waals surface area contributed by atoms with Crippen LogP contribution in [0.3, 0.4) is 0 Å². The minimum atomic E-state index is -1.47. The number of pyridine rings is 2. The van der Waals surface area contributed by atoms with E-state index >= 15 is 0 Å². The predicted molar refractivity (Wildman–Crippen MR) is 115 cm³/mol. The van der Waals surface area contributed by atoms with Crippen molar-refractivity contribution in [3.63, 3.8) is 0 Å². The normalized spacial score (nSPS) is 22.6. The first-order valence-electron chi connectivity index (χ1n) is 9.94. The van der Waals surface area contributed by atoms with E-state index in [1.165, 1.54) is 0 Å². The van der Waals surface area contributed by atoms with Crippen molar-refractivity contribution in [2.75, 3.05) is 4.90 Å². The van der Waals surface area contributed by atoms with Gasteiger partial charge in [-0.2, -0.15) is 10.5 Å². The van der Waals surface area contributed by atoms with Crippen LogP contribution in [0.1, 0.15) is 27.5 Å². The molecule has 3 atom stereocenters. The Hall–Kier alpha value is -4.29. The van der Waals surface area contributed by atoms with Crippen molar-refractivity contribution >= 4 is 17.5 Å². The number of anilines is 1. The number of nitrogens with zero attached hydrogens (tertiary/aromatic N) is 5. The van der Waals surface area contributed by atoms with Gasteiger partial charge in [0.15, 0.2) is 11.2 Å². The highest BCUT2D eigenvalue weighted by Gasteiger charge is 2.63. The first-order valence-corrected chi connectivity index (χ1v) is 9.94. The second-order valence-corrected chi connectivity index (χ2v) is 7.65. The second kappa shape index (κ2) is 7.19. The van der Waals surface area contributed by atoms with Gasteiger partial charge in [0.05, 0.1) is 29.6 Å². The lowest BCUT2D eigenvalue weighted by Crippen LogP contribution is -2.44. The van der Waals surface area contributed by atoms with Crippen LogP contribution in [0.15, 0.2) is 79.3 Å². The Morgan fingerprint density at radius 1 is 1.00 bits per heavy atom. The summed E-state index contributed by atoms with van der Waals surface area (Å²) in [6.45, 7) is 0. The minimum Gasteiger partial charge on any atom is -0.349 e. The van der Waals surface area contributed by atoms with Gasteiger partial charge in [0.1, 0.15) is 6.04 Å². The second-order valence-electron chi connectivity index (χ2n) is 7.65. The Kier molecular flexibility index (Phi) is 4.34. The molecule has 1 aromatic carbocycles. The van der Waals surface area contributed by atoms with Crippen molar-refractivity contribution in [3.05, 3.63) is 96.1 Å². The van der Waals surface area contributed by atoms with E-state index in [0.29, 0.717) is 16.8 Å². The number of carbonyl (C=O) groups excluding carboxylic acids is 1. The molecule has 1 fully saturated rings. The third-order valence-electron chi connectivity index (χ3n) is 6.14. The molecule has 0 aliphatic carbocycles. The molecule has 3 aromatic rings. The summed E-state index contributed by atoms with van der Waals surface area (Å²) in [6, 6.07) is 19.5. The molecule has 148 valence electrons. The van der Waals surface area contributed by atoms with E-state index in [1.807, 2.05) is 47.4 Å². The van der Waals surface area contributed by atoms with Gasteiger partial charge in [-0.15, -0.1) is 0 Å². The topological polar surface area (TPSA) is 93.7 Å². The maximum Gasteiger partial charge on any atom is 0.185 e. The van der Waals surface area contributed by atoms with Crippen LogP contribution in [0.4, 0.5) is 5.69 Å². The summed E-state index contributed by atoms with van der Waals surface area (Å²) in [4.78, 5) is 24.4. The number of fused-ring (bicyclic) bond motifs is 3. The van der Waals surface area contributed by atoms with Crippen molar-refractivity contribution in [3.8, 4) is 12.1 Å². The van der Waals surface area contributed by atoms with Crippen molar-refractivity contribution in [1.29, 1.82) is 10.5 Å². The summed E-state index contributed by atoms with van der Waals surface area (Å²) in [5.74, 6) is -0.832. The monoisotopic (exact) mass is 403 g/mol. The van der Waals surface area contributed by atoms with Crippen molar-refractivity contribution in [2.45, 2.75) is 18.0 Å². The molecule has 0 bridgehead atoms. The average Bonchev–Trinajstić information content (AvgIpc) is 3.15. The van der Waals surface area contributed by atoms with Gasteiger partial charge in [0, 0.05) is 30.1 Å². The fraction of sp³-hybridized carbons (Fsp3) is 0.160. The number of hydrogen-bond acceptors (Lipinski definition) is 6. The number of rotatable bonds is 3. The van der Waals surface area contributed by atoms with Crippen molar-refractivity contribution < 1.29 is 4.79 Å². The largest absolute Gasteiger partial charge is 0.349 e. The molecule has 6 heteroatoms. The molecule has 1 saturated heterocycles. The van der Waals surface area contributed by atoms with E-state index < -0.39 is 23.4 Å². The van der Waals surface area contributed by atoms with Gasteiger partial charge >= 0.3 is 0 Å².